The van der Waals surface area contributed by atoms with Gasteiger partial charge < -0.3 is 21.7 Å². The van der Waals surface area contributed by atoms with Gasteiger partial charge in [-0.25, -0.2) is 0 Å². The summed E-state index contributed by atoms with van der Waals surface area (Å²) in [6.07, 6.45) is 4.50. The van der Waals surface area contributed by atoms with E-state index in [0.29, 0.717) is 23.6 Å². The molecule has 0 saturated heterocycles. The Morgan fingerprint density at radius 1 is 0.591 bits per heavy atom. The number of phenols is 2. The van der Waals surface area contributed by atoms with Crippen molar-refractivity contribution in [3.63, 3.8) is 0 Å². The summed E-state index contributed by atoms with van der Waals surface area (Å²) in [6.45, 7) is 0. The summed E-state index contributed by atoms with van der Waals surface area (Å²) in [7, 11) is 0. The molecule has 4 nitrogen and oxygen atoms in total. The third-order valence-electron chi connectivity index (χ3n) is 3.33. The van der Waals surface area contributed by atoms with Crippen molar-refractivity contribution >= 4 is 0 Å². The van der Waals surface area contributed by atoms with E-state index in [4.69, 9.17) is 21.7 Å². The zero-order chi connectivity index (χ0) is 16.2. The van der Waals surface area contributed by atoms with Crippen LogP contribution in [0.25, 0.3) is 0 Å². The number of hydrogen-bond donors (Lipinski definition) is 4. The molecule has 0 aromatic heterocycles. The Balaban J connectivity index is 0.000000166. The van der Waals surface area contributed by atoms with Crippen LogP contribution in [0.1, 0.15) is 25.7 Å². The summed E-state index contributed by atoms with van der Waals surface area (Å²) in [5.41, 5.74) is 11.3. The number of benzene rings is 2. The van der Waals surface area contributed by atoms with Gasteiger partial charge in [0.05, 0.1) is 0 Å². The van der Waals surface area contributed by atoms with Gasteiger partial charge >= 0.3 is 0 Å². The first-order chi connectivity index (χ1) is 10.6. The lowest BCUT2D eigenvalue weighted by Crippen LogP contribution is -2.33. The quantitative estimate of drug-likeness (QED) is 0.602. The average Bonchev–Trinajstić information content (AvgIpc) is 2.53. The first-order valence-electron chi connectivity index (χ1n) is 7.57. The molecular formula is C18H26N2O2. The molecule has 0 unspecified atom stereocenters. The van der Waals surface area contributed by atoms with Crippen LogP contribution in [0.4, 0.5) is 0 Å². The van der Waals surface area contributed by atoms with E-state index in [-0.39, 0.29) is 0 Å². The van der Waals surface area contributed by atoms with Crippen LogP contribution in [-0.2, 0) is 0 Å². The first-order valence-corrected chi connectivity index (χ1v) is 7.57. The van der Waals surface area contributed by atoms with Crippen molar-refractivity contribution in [2.24, 2.45) is 11.5 Å². The third kappa shape index (κ3) is 9.00. The van der Waals surface area contributed by atoms with Crippen LogP contribution in [-0.4, -0.2) is 22.3 Å². The van der Waals surface area contributed by atoms with Crippen LogP contribution in [0.3, 0.4) is 0 Å². The van der Waals surface area contributed by atoms with E-state index >= 15 is 0 Å². The zero-order valence-corrected chi connectivity index (χ0v) is 12.8. The third-order valence-corrected chi connectivity index (χ3v) is 3.33. The SMILES string of the molecule is NC1CCC(N)CC1.Oc1ccccc1.Oc1ccccc1. The van der Waals surface area contributed by atoms with Gasteiger partial charge in [-0.1, -0.05) is 36.4 Å². The van der Waals surface area contributed by atoms with Crippen molar-refractivity contribution in [3.8, 4) is 11.5 Å². The molecule has 1 aliphatic carbocycles. The second-order valence-corrected chi connectivity index (χ2v) is 5.35. The molecule has 0 atom stereocenters. The summed E-state index contributed by atoms with van der Waals surface area (Å²) in [5.74, 6) is 0.644. The van der Waals surface area contributed by atoms with E-state index in [9.17, 15) is 0 Å². The fraction of sp³-hybridized carbons (Fsp3) is 0.333. The molecule has 0 aliphatic heterocycles. The molecule has 0 bridgehead atoms. The Hall–Kier alpha value is -2.04. The van der Waals surface area contributed by atoms with E-state index in [1.165, 1.54) is 0 Å². The predicted molar refractivity (Wildman–Crippen MR) is 90.6 cm³/mol. The smallest absolute Gasteiger partial charge is 0.115 e. The van der Waals surface area contributed by atoms with E-state index < -0.39 is 0 Å². The Morgan fingerprint density at radius 3 is 1.05 bits per heavy atom. The Morgan fingerprint density at radius 2 is 0.864 bits per heavy atom. The highest BCUT2D eigenvalue weighted by Gasteiger charge is 2.13. The molecule has 120 valence electrons. The predicted octanol–water partition coefficient (Wildman–Crippen LogP) is 3.00. The van der Waals surface area contributed by atoms with Gasteiger partial charge in [-0.3, -0.25) is 0 Å². The topological polar surface area (TPSA) is 92.5 Å². The van der Waals surface area contributed by atoms with Crippen LogP contribution in [0.2, 0.25) is 0 Å². The maximum absolute atomic E-state index is 8.63. The van der Waals surface area contributed by atoms with Gasteiger partial charge in [0.15, 0.2) is 0 Å². The molecule has 0 amide bonds. The lowest BCUT2D eigenvalue weighted by Gasteiger charge is -2.22. The van der Waals surface area contributed by atoms with Gasteiger partial charge in [-0.05, 0) is 49.9 Å². The van der Waals surface area contributed by atoms with Gasteiger partial charge in [0, 0.05) is 12.1 Å². The summed E-state index contributed by atoms with van der Waals surface area (Å²) in [4.78, 5) is 0. The van der Waals surface area contributed by atoms with Crippen LogP contribution in [0, 0.1) is 0 Å². The lowest BCUT2D eigenvalue weighted by atomic mass is 9.93. The molecule has 0 radical (unpaired) electrons. The van der Waals surface area contributed by atoms with Crippen molar-refractivity contribution in [3.05, 3.63) is 60.7 Å². The second-order valence-electron chi connectivity index (χ2n) is 5.35. The highest BCUT2D eigenvalue weighted by molar-refractivity contribution is 5.19. The molecule has 3 rings (SSSR count). The molecule has 1 fully saturated rings. The highest BCUT2D eigenvalue weighted by Crippen LogP contribution is 2.14. The van der Waals surface area contributed by atoms with E-state index in [1.807, 2.05) is 12.1 Å². The van der Waals surface area contributed by atoms with Gasteiger partial charge in [-0.2, -0.15) is 0 Å². The van der Waals surface area contributed by atoms with Crippen LogP contribution in [0.5, 0.6) is 11.5 Å². The molecule has 1 saturated carbocycles. The minimum Gasteiger partial charge on any atom is -0.508 e. The first kappa shape index (κ1) is 18.0. The van der Waals surface area contributed by atoms with E-state index in [2.05, 4.69) is 0 Å². The normalized spacial score (nSPS) is 19.9. The molecule has 0 spiro atoms. The fourth-order valence-corrected chi connectivity index (χ4v) is 2.00. The summed E-state index contributed by atoms with van der Waals surface area (Å²) in [5, 5.41) is 17.3. The minimum atomic E-state index is 0.322. The molecule has 6 N–H and O–H groups in total. The summed E-state index contributed by atoms with van der Waals surface area (Å²) >= 11 is 0. The lowest BCUT2D eigenvalue weighted by molar-refractivity contribution is 0.395. The van der Waals surface area contributed by atoms with Crippen LogP contribution < -0.4 is 11.5 Å². The number of hydrogen-bond acceptors (Lipinski definition) is 4. The van der Waals surface area contributed by atoms with Crippen LogP contribution in [0.15, 0.2) is 60.7 Å². The molecule has 1 aliphatic rings. The molecule has 2 aromatic carbocycles. The maximum Gasteiger partial charge on any atom is 0.115 e. The number of nitrogens with two attached hydrogens (primary N) is 2. The number of rotatable bonds is 0. The zero-order valence-electron chi connectivity index (χ0n) is 12.8. The highest BCUT2D eigenvalue weighted by atomic mass is 16.3. The maximum atomic E-state index is 8.63. The molecule has 2 aromatic rings. The fourth-order valence-electron chi connectivity index (χ4n) is 2.00. The Bertz CT molecular complexity index is 435. The monoisotopic (exact) mass is 302 g/mol. The number of para-hydroxylation sites is 2. The summed E-state index contributed by atoms with van der Waals surface area (Å²) < 4.78 is 0. The molecule has 22 heavy (non-hydrogen) atoms. The second kappa shape index (κ2) is 10.7. The van der Waals surface area contributed by atoms with Crippen molar-refractivity contribution < 1.29 is 10.2 Å². The molecule has 4 heteroatoms. The standard InChI is InChI=1S/C6H14N2.2C6H6O/c7-5-1-2-6(8)4-3-5;2*7-6-4-2-1-3-5-6/h5-6H,1-4,7-8H2;2*1-5,7H. The van der Waals surface area contributed by atoms with Gasteiger partial charge in [0.2, 0.25) is 0 Å². The van der Waals surface area contributed by atoms with Crippen molar-refractivity contribution in [1.29, 1.82) is 0 Å². The number of phenolic OH excluding ortho intramolecular Hbond substituents is 2. The summed E-state index contributed by atoms with van der Waals surface area (Å²) in [6, 6.07) is 18.3. The van der Waals surface area contributed by atoms with E-state index in [1.54, 1.807) is 48.5 Å². The van der Waals surface area contributed by atoms with Gasteiger partial charge in [0.25, 0.3) is 0 Å². The largest absolute Gasteiger partial charge is 0.508 e. The van der Waals surface area contributed by atoms with Crippen LogP contribution >= 0.6 is 0 Å². The Labute approximate surface area is 132 Å². The minimum absolute atomic E-state index is 0.322. The van der Waals surface area contributed by atoms with Gasteiger partial charge in [-0.15, -0.1) is 0 Å². The van der Waals surface area contributed by atoms with Crippen molar-refractivity contribution in [2.75, 3.05) is 0 Å². The number of aromatic hydroxyl groups is 2. The van der Waals surface area contributed by atoms with Crippen molar-refractivity contribution in [2.45, 2.75) is 37.8 Å². The van der Waals surface area contributed by atoms with E-state index in [0.717, 1.165) is 25.7 Å². The average molecular weight is 302 g/mol. The molecule has 0 heterocycles. The molecular weight excluding hydrogens is 276 g/mol. The van der Waals surface area contributed by atoms with Gasteiger partial charge in [0.1, 0.15) is 11.5 Å². The van der Waals surface area contributed by atoms with Crippen molar-refractivity contribution in [1.82, 2.24) is 0 Å². The Kier molecular flexibility index (Phi) is 8.72.